The van der Waals surface area contributed by atoms with Crippen LogP contribution in [0, 0.1) is 23.7 Å². The van der Waals surface area contributed by atoms with Gasteiger partial charge in [0.05, 0.1) is 13.2 Å². The van der Waals surface area contributed by atoms with Crippen molar-refractivity contribution in [3.63, 3.8) is 0 Å². The lowest BCUT2D eigenvalue weighted by molar-refractivity contribution is -0.140. The molecule has 0 spiro atoms. The molecule has 10 amide bonds. The number of alkyl carbamates (subject to hydrolysis) is 4. The van der Waals surface area contributed by atoms with E-state index >= 15 is 0 Å². The summed E-state index contributed by atoms with van der Waals surface area (Å²) in [6, 6.07) is -1.05. The van der Waals surface area contributed by atoms with Gasteiger partial charge in [0, 0.05) is 74.7 Å². The molecule has 2 bridgehead atoms. The third-order valence-electron chi connectivity index (χ3n) is 15.9. The first-order chi connectivity index (χ1) is 47.9. The van der Waals surface area contributed by atoms with Crippen molar-refractivity contribution in [1.29, 1.82) is 0 Å². The summed E-state index contributed by atoms with van der Waals surface area (Å²) in [6.07, 6.45) is 17.2. The number of hydrogen-bond acceptors (Lipinski definition) is 22. The van der Waals surface area contributed by atoms with Crippen LogP contribution in [0.25, 0.3) is 0 Å². The third-order valence-corrected chi connectivity index (χ3v) is 15.9. The van der Waals surface area contributed by atoms with E-state index in [1.165, 1.54) is 51.4 Å². The van der Waals surface area contributed by atoms with E-state index in [2.05, 4.69) is 58.2 Å². The van der Waals surface area contributed by atoms with Crippen LogP contribution >= 0.6 is 0 Å². The van der Waals surface area contributed by atoms with Gasteiger partial charge in [-0.1, -0.05) is 84.1 Å². The molecule has 0 aliphatic heterocycles. The highest BCUT2D eigenvalue weighted by molar-refractivity contribution is 5.92. The van der Waals surface area contributed by atoms with Gasteiger partial charge in [0.2, 0.25) is 0 Å². The predicted molar refractivity (Wildman–Crippen MR) is 370 cm³/mol. The predicted octanol–water partition coefficient (Wildman–Crippen LogP) is 10.8. The van der Waals surface area contributed by atoms with Gasteiger partial charge >= 0.3 is 72.5 Å². The van der Waals surface area contributed by atoms with Crippen LogP contribution < -0.4 is 31.9 Å². The fraction of sp³-hybridized carbons (Fsp3) is 0.714. The molecule has 3 saturated carbocycles. The van der Waals surface area contributed by atoms with Crippen LogP contribution in [0.4, 0.5) is 38.4 Å². The highest BCUT2D eigenvalue weighted by atomic mass is 16.6. The average Bonchev–Trinajstić information content (AvgIpc) is 1.62. The lowest BCUT2D eigenvalue weighted by Gasteiger charge is -2.23. The monoisotopic (exact) mass is 1420 g/mol. The minimum atomic E-state index is -0.708. The number of urea groups is 2. The molecule has 3 rings (SSSR count). The summed E-state index contributed by atoms with van der Waals surface area (Å²) in [6.45, 7) is 25.9. The van der Waals surface area contributed by atoms with E-state index in [0.29, 0.717) is 90.6 Å². The number of carbonyl (C=O) groups excluding carboxylic acids is 12. The quantitative estimate of drug-likeness (QED) is 0.0143. The molecule has 3 aliphatic rings. The lowest BCUT2D eigenvalue weighted by Crippen LogP contribution is -2.45. The molecule has 0 aromatic carbocycles. The van der Waals surface area contributed by atoms with E-state index in [4.69, 9.17) is 47.4 Å². The topological polar surface area (TPSA) is 376 Å². The second kappa shape index (κ2) is 56.2. The second-order valence-corrected chi connectivity index (χ2v) is 24.3. The average molecular weight is 1420 g/mol. The van der Waals surface area contributed by atoms with Gasteiger partial charge in [0.15, 0.2) is 0 Å². The van der Waals surface area contributed by atoms with Gasteiger partial charge in [0.1, 0.15) is 52.9 Å². The maximum absolute atomic E-state index is 12.6. The first-order valence-corrected chi connectivity index (χ1v) is 35.3. The van der Waals surface area contributed by atoms with Crippen molar-refractivity contribution >= 4 is 72.5 Å². The second-order valence-electron chi connectivity index (χ2n) is 24.3. The molecule has 100 heavy (non-hydrogen) atoms. The molecule has 6 N–H and O–H groups in total. The highest BCUT2D eigenvalue weighted by Gasteiger charge is 2.49. The first kappa shape index (κ1) is 89.4. The number of fused-ring (bicyclic) bond motifs is 5. The first-order valence-electron chi connectivity index (χ1n) is 35.3. The van der Waals surface area contributed by atoms with Gasteiger partial charge < -0.3 is 79.3 Å². The third kappa shape index (κ3) is 43.7. The molecule has 3 fully saturated rings. The number of unbranched alkanes of at least 4 members (excludes halogenated alkanes) is 12. The Labute approximate surface area is 590 Å². The van der Waals surface area contributed by atoms with Crippen LogP contribution in [0.15, 0.2) is 48.6 Å². The van der Waals surface area contributed by atoms with E-state index < -0.39 is 72.5 Å². The summed E-state index contributed by atoms with van der Waals surface area (Å²) >= 11 is 0. The minimum absolute atomic E-state index is 0.0450. The number of amides is 10. The van der Waals surface area contributed by atoms with Crippen molar-refractivity contribution < 1.29 is 105 Å². The van der Waals surface area contributed by atoms with Crippen LogP contribution in [-0.4, -0.2) is 201 Å². The maximum Gasteiger partial charge on any atom is 0.417 e. The minimum Gasteiger partial charge on any atom is -0.459 e. The highest BCUT2D eigenvalue weighted by Crippen LogP contribution is 2.58. The zero-order valence-electron chi connectivity index (χ0n) is 60.3. The smallest absolute Gasteiger partial charge is 0.417 e. The molecule has 0 aromatic heterocycles. The van der Waals surface area contributed by atoms with Crippen molar-refractivity contribution in [3.05, 3.63) is 48.6 Å². The van der Waals surface area contributed by atoms with Crippen molar-refractivity contribution in [2.24, 2.45) is 23.7 Å². The Morgan fingerprint density at radius 2 is 0.560 bits per heavy atom. The Kier molecular flexibility index (Phi) is 50.2. The molecule has 3 aliphatic carbocycles. The van der Waals surface area contributed by atoms with E-state index in [1.54, 1.807) is 52.4 Å². The van der Waals surface area contributed by atoms with Crippen LogP contribution in [0.1, 0.15) is 183 Å². The zero-order chi connectivity index (χ0) is 74.3. The van der Waals surface area contributed by atoms with Crippen molar-refractivity contribution in [1.82, 2.24) is 41.7 Å². The van der Waals surface area contributed by atoms with E-state index in [0.717, 1.165) is 61.2 Å². The van der Waals surface area contributed by atoms with Crippen LogP contribution in [-0.2, 0) is 66.5 Å². The summed E-state index contributed by atoms with van der Waals surface area (Å²) in [4.78, 5) is 143. The number of nitrogens with one attached hydrogen (secondary N) is 6. The van der Waals surface area contributed by atoms with Gasteiger partial charge in [0.25, 0.3) is 0 Å². The standard InChI is InChI=1S/2C30H50N4O11.C10H16/c2*1-6-41-30(40)34(18-14-10-9-13-17-33-29(39)45-22-20-43-26(36)24(4)5)27(37)31-15-11-7-8-12-16-32-28(38)44-21-19-42-25(35)23(2)3;1-2-9-7-4-5-8(6-7)10(9)3-1/h2*2,4,6-22H2,1,3,5H3,(H,31,37)(H,32,38)(H,33,39);7-10H,1-6H2. The number of carbonyl (C=O) groups is 12. The van der Waals surface area contributed by atoms with Gasteiger partial charge in [-0.15, -0.1) is 0 Å². The van der Waals surface area contributed by atoms with Gasteiger partial charge in [-0.3, -0.25) is 0 Å². The van der Waals surface area contributed by atoms with Gasteiger partial charge in [-0.2, -0.15) is 0 Å². The van der Waals surface area contributed by atoms with Crippen LogP contribution in [0.5, 0.6) is 0 Å². The normalized spacial score (nSPS) is 14.9. The number of hydrogen-bond donors (Lipinski definition) is 6. The molecule has 30 heteroatoms. The molecule has 0 heterocycles. The molecule has 0 radical (unpaired) electrons. The van der Waals surface area contributed by atoms with Crippen molar-refractivity contribution in [2.45, 2.75) is 183 Å². The Balaban J connectivity index is 0.000000867. The molecule has 0 aromatic rings. The molecular weight excluding hydrogens is 1300 g/mol. The molecular formula is C70H116N8O22. The Morgan fingerprint density at radius 3 is 0.810 bits per heavy atom. The van der Waals surface area contributed by atoms with Crippen LogP contribution in [0.3, 0.4) is 0 Å². The van der Waals surface area contributed by atoms with E-state index in [-0.39, 0.29) is 101 Å². The Morgan fingerprint density at radius 1 is 0.320 bits per heavy atom. The van der Waals surface area contributed by atoms with Crippen molar-refractivity contribution in [2.75, 3.05) is 118 Å². The van der Waals surface area contributed by atoms with Crippen molar-refractivity contribution in [3.8, 4) is 0 Å². The van der Waals surface area contributed by atoms with Gasteiger partial charge in [-0.05, 0) is 149 Å². The summed E-state index contributed by atoms with van der Waals surface area (Å²) in [5.74, 6) is 2.63. The lowest BCUT2D eigenvalue weighted by atomic mass is 9.82. The number of imide groups is 2. The molecule has 568 valence electrons. The molecule has 0 saturated heterocycles. The maximum atomic E-state index is 12.6. The SMILES string of the molecule is C1CC2C3CCC(C3)C2C1.C=C(C)C(=O)OCCOC(=O)NCCCCCCNC(=O)N(CCCCCCNC(=O)OCCOC(=O)C(=C)C)C(=O)OCC.C=C(C)C(=O)OCCOC(=O)NCCCCCCNC(=O)N(CCCCCCNC(=O)OCCOC(=O)C(=C)C)C(=O)OCC. The van der Waals surface area contributed by atoms with E-state index in [9.17, 15) is 57.5 Å². The van der Waals surface area contributed by atoms with E-state index in [1.807, 2.05) is 0 Å². The number of esters is 4. The Bertz CT molecular complexity index is 2400. The number of nitrogens with zero attached hydrogens (tertiary/aromatic N) is 2. The van der Waals surface area contributed by atoms with Crippen LogP contribution in [0.2, 0.25) is 0 Å². The zero-order valence-corrected chi connectivity index (χ0v) is 60.3. The largest absolute Gasteiger partial charge is 0.459 e. The fourth-order valence-corrected chi connectivity index (χ4v) is 10.8. The summed E-state index contributed by atoms with van der Waals surface area (Å²) in [7, 11) is 0. The van der Waals surface area contributed by atoms with Gasteiger partial charge in [-0.25, -0.2) is 67.3 Å². The fourth-order valence-electron chi connectivity index (χ4n) is 10.8. The summed E-state index contributed by atoms with van der Waals surface area (Å²) < 4.78 is 49.0. The molecule has 30 nitrogen and oxygen atoms in total. The molecule has 4 atom stereocenters. The summed E-state index contributed by atoms with van der Waals surface area (Å²) in [5.41, 5.74) is 1.07. The number of ether oxygens (including phenoxy) is 10. The Hall–Kier alpha value is -8.60. The number of rotatable bonds is 46. The molecule has 4 unspecified atom stereocenters. The summed E-state index contributed by atoms with van der Waals surface area (Å²) in [5, 5.41) is 15.9.